The van der Waals surface area contributed by atoms with Gasteiger partial charge < -0.3 is 15.4 Å². The number of amides is 1. The fraction of sp³-hybridized carbons (Fsp3) is 0.444. The molecular weight excluding hydrogens is 407 g/mol. The Morgan fingerprint density at radius 1 is 1.41 bits per heavy atom. The number of carbonyl (C=O) groups excluding carboxylic acids is 1. The molecule has 0 bridgehead atoms. The van der Waals surface area contributed by atoms with Crippen LogP contribution in [-0.2, 0) is 17.8 Å². The van der Waals surface area contributed by atoms with Crippen molar-refractivity contribution in [1.82, 2.24) is 20.5 Å². The Balaban J connectivity index is 0.00000182. The van der Waals surface area contributed by atoms with Crippen LogP contribution in [0.3, 0.4) is 0 Å². The molecule has 2 N–H and O–H groups in total. The van der Waals surface area contributed by atoms with Crippen LogP contribution in [0, 0.1) is 0 Å². The van der Waals surface area contributed by atoms with Gasteiger partial charge in [0.25, 0.3) is 0 Å². The van der Waals surface area contributed by atoms with Gasteiger partial charge in [-0.3, -0.25) is 9.69 Å². The van der Waals surface area contributed by atoms with Crippen LogP contribution >= 0.6 is 36.2 Å². The lowest BCUT2D eigenvalue weighted by Gasteiger charge is -2.36. The Kier molecular flexibility index (Phi) is 10.0. The van der Waals surface area contributed by atoms with Crippen molar-refractivity contribution in [2.24, 2.45) is 0 Å². The highest BCUT2D eigenvalue weighted by Gasteiger charge is 2.26. The van der Waals surface area contributed by atoms with Gasteiger partial charge in [-0.1, -0.05) is 18.2 Å². The Labute approximate surface area is 176 Å². The van der Waals surface area contributed by atoms with E-state index < -0.39 is 0 Å². The van der Waals surface area contributed by atoms with Crippen molar-refractivity contribution in [2.75, 3.05) is 33.8 Å². The lowest BCUT2D eigenvalue weighted by atomic mass is 10.0. The van der Waals surface area contributed by atoms with Crippen LogP contribution in [0.15, 0.2) is 29.6 Å². The second-order valence-corrected chi connectivity index (χ2v) is 6.96. The molecule has 0 radical (unpaired) electrons. The number of nitrogens with zero attached hydrogens (tertiary/aromatic N) is 2. The third-order valence-electron chi connectivity index (χ3n) is 4.41. The first kappa shape index (κ1) is 23.7. The maximum absolute atomic E-state index is 11.5. The standard InChI is InChI=1S/C18H24N4O2S.2ClH/c1-19-17(23)9-18-21-13(12-25-18)11-22-8-7-20-10-15(22)14-5-3-4-6-16(14)24-2;;/h3-6,12,15,20H,7-11H2,1-2H3,(H,19,23);2*1H. The summed E-state index contributed by atoms with van der Waals surface area (Å²) in [4.78, 5) is 18.6. The molecule has 1 aliphatic rings. The summed E-state index contributed by atoms with van der Waals surface area (Å²) in [5.74, 6) is 0.912. The minimum atomic E-state index is -0.00466. The van der Waals surface area contributed by atoms with Crippen LogP contribution in [-0.4, -0.2) is 49.6 Å². The fourth-order valence-electron chi connectivity index (χ4n) is 3.12. The molecule has 0 aliphatic carbocycles. The van der Waals surface area contributed by atoms with E-state index in [1.807, 2.05) is 12.1 Å². The van der Waals surface area contributed by atoms with E-state index in [0.29, 0.717) is 6.42 Å². The molecule has 1 amide bonds. The largest absolute Gasteiger partial charge is 0.496 e. The molecule has 3 rings (SSSR count). The smallest absolute Gasteiger partial charge is 0.226 e. The number of piperazine rings is 1. The van der Waals surface area contributed by atoms with E-state index in [1.165, 1.54) is 5.56 Å². The second-order valence-electron chi connectivity index (χ2n) is 6.01. The molecule has 1 aromatic heterocycles. The summed E-state index contributed by atoms with van der Waals surface area (Å²) in [5, 5.41) is 9.03. The minimum Gasteiger partial charge on any atom is -0.496 e. The summed E-state index contributed by atoms with van der Waals surface area (Å²) >= 11 is 1.55. The quantitative estimate of drug-likeness (QED) is 0.733. The van der Waals surface area contributed by atoms with Crippen molar-refractivity contribution in [3.63, 3.8) is 0 Å². The van der Waals surface area contributed by atoms with Crippen LogP contribution in [0.4, 0.5) is 0 Å². The third-order valence-corrected chi connectivity index (χ3v) is 5.30. The number of methoxy groups -OCH3 is 1. The monoisotopic (exact) mass is 432 g/mol. The van der Waals surface area contributed by atoms with E-state index in [2.05, 4.69) is 38.0 Å². The van der Waals surface area contributed by atoms with Crippen LogP contribution < -0.4 is 15.4 Å². The molecule has 1 unspecified atom stereocenters. The number of halogens is 2. The normalized spacial score (nSPS) is 16.7. The molecule has 0 saturated carbocycles. The molecule has 150 valence electrons. The predicted molar refractivity (Wildman–Crippen MR) is 113 cm³/mol. The Morgan fingerprint density at radius 3 is 2.93 bits per heavy atom. The van der Waals surface area contributed by atoms with Gasteiger partial charge in [0.1, 0.15) is 10.8 Å². The summed E-state index contributed by atoms with van der Waals surface area (Å²) in [6.07, 6.45) is 0.346. The Morgan fingerprint density at radius 2 is 2.19 bits per heavy atom. The molecule has 1 fully saturated rings. The van der Waals surface area contributed by atoms with Gasteiger partial charge in [0.05, 0.1) is 25.3 Å². The number of hydrogen-bond acceptors (Lipinski definition) is 6. The molecule has 9 heteroatoms. The average Bonchev–Trinajstić information content (AvgIpc) is 3.09. The molecule has 2 heterocycles. The fourth-order valence-corrected chi connectivity index (χ4v) is 3.90. The lowest BCUT2D eigenvalue weighted by Crippen LogP contribution is -2.45. The van der Waals surface area contributed by atoms with E-state index in [-0.39, 0.29) is 36.8 Å². The maximum atomic E-state index is 11.5. The number of carbonyl (C=O) groups is 1. The van der Waals surface area contributed by atoms with Gasteiger partial charge in [-0.25, -0.2) is 4.98 Å². The number of ether oxygens (including phenoxy) is 1. The molecule has 1 aromatic carbocycles. The summed E-state index contributed by atoms with van der Waals surface area (Å²) in [5.41, 5.74) is 2.21. The number of thiazole rings is 1. The highest BCUT2D eigenvalue weighted by Crippen LogP contribution is 2.31. The van der Waals surface area contributed by atoms with Gasteiger partial charge in [0.15, 0.2) is 0 Å². The number of nitrogens with one attached hydrogen (secondary N) is 2. The average molecular weight is 433 g/mol. The first-order chi connectivity index (χ1) is 12.2. The van der Waals surface area contributed by atoms with Gasteiger partial charge in [0, 0.05) is 44.2 Å². The molecule has 0 spiro atoms. The third kappa shape index (κ3) is 6.05. The number of rotatable bonds is 6. The van der Waals surface area contributed by atoms with E-state index in [1.54, 1.807) is 25.5 Å². The van der Waals surface area contributed by atoms with Crippen LogP contribution in [0.5, 0.6) is 5.75 Å². The summed E-state index contributed by atoms with van der Waals surface area (Å²) in [6.45, 7) is 3.57. The second kappa shape index (κ2) is 11.5. The summed E-state index contributed by atoms with van der Waals surface area (Å²) < 4.78 is 5.54. The predicted octanol–water partition coefficient (Wildman–Crippen LogP) is 2.43. The van der Waals surface area contributed by atoms with Crippen molar-refractivity contribution in [2.45, 2.75) is 19.0 Å². The highest BCUT2D eigenvalue weighted by molar-refractivity contribution is 7.09. The Hall–Kier alpha value is -1.38. The summed E-state index contributed by atoms with van der Waals surface area (Å²) in [6, 6.07) is 8.42. The molecule has 2 aromatic rings. The molecule has 27 heavy (non-hydrogen) atoms. The van der Waals surface area contributed by atoms with Gasteiger partial charge in [-0.15, -0.1) is 36.2 Å². The zero-order chi connectivity index (χ0) is 17.6. The van der Waals surface area contributed by atoms with Crippen LogP contribution in [0.1, 0.15) is 22.3 Å². The molecular formula is C18H26Cl2N4O2S. The van der Waals surface area contributed by atoms with E-state index in [0.717, 1.165) is 42.6 Å². The Bertz CT molecular complexity index is 729. The van der Waals surface area contributed by atoms with E-state index in [9.17, 15) is 4.79 Å². The van der Waals surface area contributed by atoms with Gasteiger partial charge in [-0.05, 0) is 6.07 Å². The molecule has 1 aliphatic heterocycles. The van der Waals surface area contributed by atoms with Gasteiger partial charge in [0.2, 0.25) is 5.91 Å². The number of aromatic nitrogens is 1. The first-order valence-electron chi connectivity index (χ1n) is 8.42. The van der Waals surface area contributed by atoms with Crippen molar-refractivity contribution in [1.29, 1.82) is 0 Å². The number of benzene rings is 1. The van der Waals surface area contributed by atoms with Crippen molar-refractivity contribution in [3.8, 4) is 5.75 Å². The topological polar surface area (TPSA) is 66.5 Å². The van der Waals surface area contributed by atoms with Crippen molar-refractivity contribution in [3.05, 3.63) is 45.9 Å². The first-order valence-corrected chi connectivity index (χ1v) is 9.30. The minimum absolute atomic E-state index is 0. The summed E-state index contributed by atoms with van der Waals surface area (Å²) in [7, 11) is 3.36. The molecule has 6 nitrogen and oxygen atoms in total. The van der Waals surface area contributed by atoms with Gasteiger partial charge in [-0.2, -0.15) is 0 Å². The van der Waals surface area contributed by atoms with Crippen LogP contribution in [0.25, 0.3) is 0 Å². The zero-order valence-electron chi connectivity index (χ0n) is 15.4. The number of para-hydroxylation sites is 1. The van der Waals surface area contributed by atoms with E-state index >= 15 is 0 Å². The lowest BCUT2D eigenvalue weighted by molar-refractivity contribution is -0.119. The van der Waals surface area contributed by atoms with E-state index in [4.69, 9.17) is 4.74 Å². The highest BCUT2D eigenvalue weighted by atomic mass is 35.5. The zero-order valence-corrected chi connectivity index (χ0v) is 17.9. The maximum Gasteiger partial charge on any atom is 0.226 e. The van der Waals surface area contributed by atoms with Crippen molar-refractivity contribution >= 4 is 42.1 Å². The molecule has 1 atom stereocenters. The van der Waals surface area contributed by atoms with Crippen molar-refractivity contribution < 1.29 is 9.53 Å². The molecule has 1 saturated heterocycles. The number of hydrogen-bond donors (Lipinski definition) is 2. The SMILES string of the molecule is CNC(=O)Cc1nc(CN2CCNCC2c2ccccc2OC)cs1.Cl.Cl. The number of likely N-dealkylation sites (N-methyl/N-ethyl adjacent to an activating group) is 1. The van der Waals surface area contributed by atoms with Crippen LogP contribution in [0.2, 0.25) is 0 Å². The van der Waals surface area contributed by atoms with Gasteiger partial charge >= 0.3 is 0 Å².